The van der Waals surface area contributed by atoms with Gasteiger partial charge in [0.05, 0.1) is 17.7 Å². The predicted octanol–water partition coefficient (Wildman–Crippen LogP) is 4.16. The van der Waals surface area contributed by atoms with Crippen LogP contribution in [-0.2, 0) is 4.79 Å². The normalized spacial score (nSPS) is 17.2. The Bertz CT molecular complexity index is 1100. The fourth-order valence-corrected chi connectivity index (χ4v) is 4.56. The van der Waals surface area contributed by atoms with E-state index >= 15 is 0 Å². The summed E-state index contributed by atoms with van der Waals surface area (Å²) >= 11 is 1.30. The first-order valence-electron chi connectivity index (χ1n) is 8.67. The highest BCUT2D eigenvalue weighted by Gasteiger charge is 2.33. The van der Waals surface area contributed by atoms with Gasteiger partial charge >= 0.3 is 0 Å². The van der Waals surface area contributed by atoms with Gasteiger partial charge in [-0.1, -0.05) is 12.1 Å². The molecule has 0 fully saturated rings. The number of hydrogen-bond acceptors (Lipinski definition) is 6. The molecule has 0 bridgehead atoms. The van der Waals surface area contributed by atoms with Gasteiger partial charge in [-0.15, -0.1) is 0 Å². The fourth-order valence-electron chi connectivity index (χ4n) is 3.58. The van der Waals surface area contributed by atoms with E-state index in [0.717, 1.165) is 10.4 Å². The van der Waals surface area contributed by atoms with Crippen LogP contribution < -0.4 is 19.5 Å². The first-order valence-corrected chi connectivity index (χ1v) is 9.44. The molecular weight excluding hydrogens is 383 g/mol. The summed E-state index contributed by atoms with van der Waals surface area (Å²) in [5, 5.41) is 2.91. The van der Waals surface area contributed by atoms with Crippen LogP contribution in [0.4, 0.5) is 10.1 Å². The zero-order valence-electron chi connectivity index (χ0n) is 14.8. The fraction of sp³-hybridized carbons (Fsp3) is 0.200. The molecule has 0 saturated carbocycles. The molecule has 1 N–H and O–H groups in total. The standard InChI is InChI=1S/C20H15FN2O4S/c1-25-14-6-11(7-15-19(14)27-9-26-15)13-8-16(24)22-18-17(23-28-20(13)18)10-3-2-4-12(21)5-10/h2-7,13H,8-9H2,1H3,(H,22,24). The van der Waals surface area contributed by atoms with Crippen molar-refractivity contribution >= 4 is 23.1 Å². The van der Waals surface area contributed by atoms with Crippen molar-refractivity contribution in [2.75, 3.05) is 19.2 Å². The Morgan fingerprint density at radius 3 is 3.00 bits per heavy atom. The monoisotopic (exact) mass is 398 g/mol. The highest BCUT2D eigenvalue weighted by atomic mass is 32.1. The van der Waals surface area contributed by atoms with Crippen LogP contribution >= 0.6 is 11.5 Å². The number of carbonyl (C=O) groups is 1. The number of benzene rings is 2. The Hall–Kier alpha value is -3.13. The number of halogens is 1. The maximum atomic E-state index is 13.7. The summed E-state index contributed by atoms with van der Waals surface area (Å²) < 4.78 is 34.6. The average molecular weight is 398 g/mol. The number of aromatic nitrogens is 1. The first kappa shape index (κ1) is 17.0. The molecule has 1 atom stereocenters. The average Bonchev–Trinajstić information content (AvgIpc) is 3.33. The maximum absolute atomic E-state index is 13.7. The molecule has 5 rings (SSSR count). The van der Waals surface area contributed by atoms with Crippen molar-refractivity contribution in [1.82, 2.24) is 4.37 Å². The van der Waals surface area contributed by atoms with E-state index in [9.17, 15) is 9.18 Å². The van der Waals surface area contributed by atoms with Crippen molar-refractivity contribution in [3.8, 4) is 28.5 Å². The Labute approximate surface area is 164 Å². The van der Waals surface area contributed by atoms with Crippen molar-refractivity contribution in [3.05, 3.63) is 52.7 Å². The van der Waals surface area contributed by atoms with Gasteiger partial charge in [0, 0.05) is 17.9 Å². The molecule has 2 aliphatic heterocycles. The quantitative estimate of drug-likeness (QED) is 0.717. The molecule has 3 aromatic rings. The highest BCUT2D eigenvalue weighted by molar-refractivity contribution is 7.07. The third kappa shape index (κ3) is 2.68. The SMILES string of the molecule is COc1cc(C2CC(=O)Nc3c(-c4cccc(F)c4)nsc32)cc2c1OCO2. The molecule has 28 heavy (non-hydrogen) atoms. The summed E-state index contributed by atoms with van der Waals surface area (Å²) in [4.78, 5) is 13.4. The molecule has 0 spiro atoms. The van der Waals surface area contributed by atoms with Crippen molar-refractivity contribution in [3.63, 3.8) is 0 Å². The molecule has 1 unspecified atom stereocenters. The molecule has 1 aromatic heterocycles. The smallest absolute Gasteiger partial charge is 0.231 e. The van der Waals surface area contributed by atoms with E-state index in [4.69, 9.17) is 14.2 Å². The number of carbonyl (C=O) groups excluding carboxylic acids is 1. The first-order chi connectivity index (χ1) is 13.6. The Morgan fingerprint density at radius 2 is 2.18 bits per heavy atom. The minimum Gasteiger partial charge on any atom is -0.493 e. The molecule has 2 aliphatic rings. The van der Waals surface area contributed by atoms with E-state index < -0.39 is 0 Å². The van der Waals surface area contributed by atoms with Gasteiger partial charge < -0.3 is 19.5 Å². The lowest BCUT2D eigenvalue weighted by Gasteiger charge is -2.23. The molecule has 0 radical (unpaired) electrons. The van der Waals surface area contributed by atoms with E-state index in [2.05, 4.69) is 9.69 Å². The van der Waals surface area contributed by atoms with Crippen LogP contribution in [0, 0.1) is 5.82 Å². The number of hydrogen-bond donors (Lipinski definition) is 1. The zero-order chi connectivity index (χ0) is 19.3. The van der Waals surface area contributed by atoms with Crippen LogP contribution in [0.25, 0.3) is 11.3 Å². The number of fused-ring (bicyclic) bond motifs is 2. The van der Waals surface area contributed by atoms with Gasteiger partial charge in [0.15, 0.2) is 11.5 Å². The molecule has 8 heteroatoms. The third-order valence-electron chi connectivity index (χ3n) is 4.87. The Morgan fingerprint density at radius 1 is 1.29 bits per heavy atom. The summed E-state index contributed by atoms with van der Waals surface area (Å²) in [5.41, 5.74) is 2.71. The van der Waals surface area contributed by atoms with E-state index in [1.54, 1.807) is 19.2 Å². The lowest BCUT2D eigenvalue weighted by Crippen LogP contribution is -2.22. The molecule has 2 aromatic carbocycles. The van der Waals surface area contributed by atoms with Crippen LogP contribution in [0.3, 0.4) is 0 Å². The summed E-state index contributed by atoms with van der Waals surface area (Å²) in [6.45, 7) is 0.135. The lowest BCUT2D eigenvalue weighted by atomic mass is 9.89. The summed E-state index contributed by atoms with van der Waals surface area (Å²) in [7, 11) is 1.56. The van der Waals surface area contributed by atoms with Crippen LogP contribution in [0.15, 0.2) is 36.4 Å². The highest BCUT2D eigenvalue weighted by Crippen LogP contribution is 2.49. The number of amides is 1. The van der Waals surface area contributed by atoms with Crippen LogP contribution in [-0.4, -0.2) is 24.2 Å². The summed E-state index contributed by atoms with van der Waals surface area (Å²) in [6, 6.07) is 9.93. The Kier molecular flexibility index (Phi) is 3.94. The van der Waals surface area contributed by atoms with Gasteiger partial charge in [-0.3, -0.25) is 4.79 Å². The number of ether oxygens (including phenoxy) is 3. The molecule has 0 aliphatic carbocycles. The Balaban J connectivity index is 1.62. The molecule has 6 nitrogen and oxygen atoms in total. The number of rotatable bonds is 3. The van der Waals surface area contributed by atoms with Gasteiger partial charge in [0.1, 0.15) is 11.5 Å². The summed E-state index contributed by atoms with van der Waals surface area (Å²) in [6.07, 6.45) is 0.278. The van der Waals surface area contributed by atoms with Crippen LogP contribution in [0.5, 0.6) is 17.2 Å². The van der Waals surface area contributed by atoms with Gasteiger partial charge in [-0.05, 0) is 41.4 Å². The second-order valence-electron chi connectivity index (χ2n) is 6.54. The number of nitrogens with zero attached hydrogens (tertiary/aromatic N) is 1. The second kappa shape index (κ2) is 6.49. The van der Waals surface area contributed by atoms with E-state index in [-0.39, 0.29) is 30.9 Å². The lowest BCUT2D eigenvalue weighted by molar-refractivity contribution is -0.116. The molecule has 1 amide bonds. The summed E-state index contributed by atoms with van der Waals surface area (Å²) in [5.74, 6) is 1.05. The third-order valence-corrected chi connectivity index (χ3v) is 5.83. The van der Waals surface area contributed by atoms with Crippen molar-refractivity contribution in [2.45, 2.75) is 12.3 Å². The van der Waals surface area contributed by atoms with E-state index in [0.29, 0.717) is 34.2 Å². The minimum atomic E-state index is -0.349. The number of nitrogens with one attached hydrogen (secondary N) is 1. The number of methoxy groups -OCH3 is 1. The minimum absolute atomic E-state index is 0.119. The van der Waals surface area contributed by atoms with Crippen molar-refractivity contribution < 1.29 is 23.4 Å². The largest absolute Gasteiger partial charge is 0.493 e. The number of anilines is 1. The van der Waals surface area contributed by atoms with Gasteiger partial charge in [-0.25, -0.2) is 4.39 Å². The molecule has 142 valence electrons. The molecular formula is C20H15FN2O4S. The van der Waals surface area contributed by atoms with Gasteiger partial charge in [-0.2, -0.15) is 4.37 Å². The van der Waals surface area contributed by atoms with Gasteiger partial charge in [0.25, 0.3) is 0 Å². The van der Waals surface area contributed by atoms with E-state index in [1.165, 1.54) is 23.7 Å². The molecule has 3 heterocycles. The van der Waals surface area contributed by atoms with Crippen LogP contribution in [0.1, 0.15) is 22.8 Å². The van der Waals surface area contributed by atoms with E-state index in [1.807, 2.05) is 12.1 Å². The second-order valence-corrected chi connectivity index (χ2v) is 7.35. The van der Waals surface area contributed by atoms with Crippen LogP contribution in [0.2, 0.25) is 0 Å². The van der Waals surface area contributed by atoms with Gasteiger partial charge in [0.2, 0.25) is 18.4 Å². The van der Waals surface area contributed by atoms with Crippen molar-refractivity contribution in [1.29, 1.82) is 0 Å². The maximum Gasteiger partial charge on any atom is 0.231 e. The molecule has 0 saturated heterocycles. The van der Waals surface area contributed by atoms with Crippen molar-refractivity contribution in [2.24, 2.45) is 0 Å². The topological polar surface area (TPSA) is 69.7 Å². The zero-order valence-corrected chi connectivity index (χ0v) is 15.6. The predicted molar refractivity (Wildman–Crippen MR) is 102 cm³/mol.